The molecule has 1 heterocycles. The van der Waals surface area contributed by atoms with E-state index in [1.165, 1.54) is 38.5 Å². The summed E-state index contributed by atoms with van der Waals surface area (Å²) in [5.41, 5.74) is 0.795. The number of carbonyl (C=O) groups is 1. The number of hydrogen-bond acceptors (Lipinski definition) is 2. The molecule has 2 heteroatoms. The van der Waals surface area contributed by atoms with E-state index >= 15 is 0 Å². The van der Waals surface area contributed by atoms with Gasteiger partial charge >= 0.3 is 0 Å². The molecule has 0 bridgehead atoms. The highest BCUT2D eigenvalue weighted by Gasteiger charge is 2.12. The minimum atomic E-state index is 0.245. The third-order valence-corrected chi connectivity index (χ3v) is 3.37. The van der Waals surface area contributed by atoms with Crippen LogP contribution in [-0.2, 0) is 6.42 Å². The summed E-state index contributed by atoms with van der Waals surface area (Å²) in [6.45, 7) is 4.25. The standard InChI is InChI=1S/C16H26O2/c1-3-5-6-7-8-9-10-11-15(17)14-12-13-18-16(14)4-2/h12-13H,3-11H2,1-2H3. The number of hydrogen-bond donors (Lipinski definition) is 0. The lowest BCUT2D eigenvalue weighted by Gasteiger charge is -2.01. The van der Waals surface area contributed by atoms with E-state index in [9.17, 15) is 4.79 Å². The van der Waals surface area contributed by atoms with Crippen molar-refractivity contribution in [3.05, 3.63) is 23.7 Å². The Bertz CT molecular complexity index is 339. The molecule has 0 saturated heterocycles. The SMILES string of the molecule is CCCCCCCCCC(=O)c1ccoc1CC. The number of unbranched alkanes of at least 4 members (excludes halogenated alkanes) is 6. The first-order chi connectivity index (χ1) is 8.79. The van der Waals surface area contributed by atoms with E-state index in [-0.39, 0.29) is 5.78 Å². The zero-order valence-corrected chi connectivity index (χ0v) is 11.8. The second-order valence-electron chi connectivity index (χ2n) is 4.91. The van der Waals surface area contributed by atoms with Gasteiger partial charge in [0.2, 0.25) is 0 Å². The number of furan rings is 1. The van der Waals surface area contributed by atoms with Crippen molar-refractivity contribution in [3.8, 4) is 0 Å². The van der Waals surface area contributed by atoms with Gasteiger partial charge in [0.05, 0.1) is 11.8 Å². The fourth-order valence-corrected chi connectivity index (χ4v) is 2.24. The molecule has 0 radical (unpaired) electrons. The van der Waals surface area contributed by atoms with Gasteiger partial charge in [0, 0.05) is 12.8 Å². The van der Waals surface area contributed by atoms with Crippen LogP contribution in [0.15, 0.2) is 16.7 Å². The molecule has 1 rings (SSSR count). The van der Waals surface area contributed by atoms with Gasteiger partial charge in [0.25, 0.3) is 0 Å². The van der Waals surface area contributed by atoms with E-state index in [1.54, 1.807) is 6.26 Å². The molecule has 2 nitrogen and oxygen atoms in total. The zero-order valence-electron chi connectivity index (χ0n) is 11.8. The van der Waals surface area contributed by atoms with Gasteiger partial charge in [0.15, 0.2) is 5.78 Å². The van der Waals surface area contributed by atoms with Crippen LogP contribution >= 0.6 is 0 Å². The molecule has 1 aromatic heterocycles. The Morgan fingerprint density at radius 1 is 1.06 bits per heavy atom. The van der Waals surface area contributed by atoms with Crippen LogP contribution in [0.4, 0.5) is 0 Å². The molecule has 0 atom stereocenters. The van der Waals surface area contributed by atoms with Crippen LogP contribution in [0.25, 0.3) is 0 Å². The second-order valence-corrected chi connectivity index (χ2v) is 4.91. The molecule has 0 saturated carbocycles. The Balaban J connectivity index is 2.14. The highest BCUT2D eigenvalue weighted by Crippen LogP contribution is 2.16. The molecule has 0 aromatic carbocycles. The summed E-state index contributed by atoms with van der Waals surface area (Å²) in [5.74, 6) is 1.08. The first-order valence-corrected chi connectivity index (χ1v) is 7.39. The molecule has 102 valence electrons. The Morgan fingerprint density at radius 3 is 2.39 bits per heavy atom. The molecule has 1 aromatic rings. The van der Waals surface area contributed by atoms with E-state index in [0.717, 1.165) is 24.2 Å². The Labute approximate surface area is 111 Å². The average Bonchev–Trinajstić information content (AvgIpc) is 2.85. The number of rotatable bonds is 10. The largest absolute Gasteiger partial charge is 0.469 e. The lowest BCUT2D eigenvalue weighted by Crippen LogP contribution is -2.00. The van der Waals surface area contributed by atoms with Crippen LogP contribution in [-0.4, -0.2) is 5.78 Å². The molecule has 0 fully saturated rings. The maximum atomic E-state index is 12.0. The van der Waals surface area contributed by atoms with Gasteiger partial charge < -0.3 is 4.42 Å². The highest BCUT2D eigenvalue weighted by atomic mass is 16.3. The molecule has 0 unspecified atom stereocenters. The third kappa shape index (κ3) is 5.07. The summed E-state index contributed by atoms with van der Waals surface area (Å²) in [4.78, 5) is 12.0. The molecule has 0 amide bonds. The van der Waals surface area contributed by atoms with Gasteiger partial charge in [-0.2, -0.15) is 0 Å². The van der Waals surface area contributed by atoms with Crippen LogP contribution in [0, 0.1) is 0 Å². The maximum Gasteiger partial charge on any atom is 0.166 e. The summed E-state index contributed by atoms with van der Waals surface area (Å²) >= 11 is 0. The minimum absolute atomic E-state index is 0.245. The molecule has 0 aliphatic heterocycles. The van der Waals surface area contributed by atoms with Gasteiger partial charge in [-0.3, -0.25) is 4.79 Å². The number of carbonyl (C=O) groups excluding carboxylic acids is 1. The van der Waals surface area contributed by atoms with Crippen LogP contribution in [0.3, 0.4) is 0 Å². The van der Waals surface area contributed by atoms with Crippen molar-refractivity contribution in [2.24, 2.45) is 0 Å². The van der Waals surface area contributed by atoms with E-state index < -0.39 is 0 Å². The van der Waals surface area contributed by atoms with Gasteiger partial charge in [0.1, 0.15) is 5.76 Å². The topological polar surface area (TPSA) is 30.2 Å². The monoisotopic (exact) mass is 250 g/mol. The summed E-state index contributed by atoms with van der Waals surface area (Å²) in [5, 5.41) is 0. The van der Waals surface area contributed by atoms with E-state index in [4.69, 9.17) is 4.42 Å². The van der Waals surface area contributed by atoms with Crippen molar-refractivity contribution in [3.63, 3.8) is 0 Å². The first kappa shape index (κ1) is 15.0. The number of ketones is 1. The van der Waals surface area contributed by atoms with Crippen LogP contribution < -0.4 is 0 Å². The first-order valence-electron chi connectivity index (χ1n) is 7.39. The van der Waals surface area contributed by atoms with Crippen LogP contribution in [0.2, 0.25) is 0 Å². The summed E-state index contributed by atoms with van der Waals surface area (Å²) in [6.07, 6.45) is 11.8. The Morgan fingerprint density at radius 2 is 1.72 bits per heavy atom. The van der Waals surface area contributed by atoms with E-state index in [1.807, 2.05) is 13.0 Å². The predicted molar refractivity (Wildman–Crippen MR) is 75.0 cm³/mol. The lowest BCUT2D eigenvalue weighted by molar-refractivity contribution is 0.0977. The average molecular weight is 250 g/mol. The molecular weight excluding hydrogens is 224 g/mol. The van der Waals surface area contributed by atoms with Crippen molar-refractivity contribution in [1.29, 1.82) is 0 Å². The quantitative estimate of drug-likeness (QED) is 0.424. The van der Waals surface area contributed by atoms with Crippen molar-refractivity contribution < 1.29 is 9.21 Å². The molecule has 0 N–H and O–H groups in total. The predicted octanol–water partition coefficient (Wildman–Crippen LogP) is 5.17. The molecule has 0 aliphatic rings. The Hall–Kier alpha value is -1.05. The lowest BCUT2D eigenvalue weighted by atomic mass is 10.0. The smallest absolute Gasteiger partial charge is 0.166 e. The van der Waals surface area contributed by atoms with Gasteiger partial charge in [-0.25, -0.2) is 0 Å². The summed E-state index contributed by atoms with van der Waals surface area (Å²) < 4.78 is 5.29. The van der Waals surface area contributed by atoms with Crippen molar-refractivity contribution in [2.75, 3.05) is 0 Å². The van der Waals surface area contributed by atoms with E-state index in [2.05, 4.69) is 6.92 Å². The normalized spacial score (nSPS) is 10.8. The van der Waals surface area contributed by atoms with Crippen LogP contribution in [0.1, 0.15) is 81.3 Å². The molecule has 0 aliphatic carbocycles. The van der Waals surface area contributed by atoms with Crippen molar-refractivity contribution >= 4 is 5.78 Å². The molecular formula is C16H26O2. The maximum absolute atomic E-state index is 12.0. The van der Waals surface area contributed by atoms with Gasteiger partial charge in [-0.05, 0) is 12.5 Å². The molecule has 18 heavy (non-hydrogen) atoms. The highest BCUT2D eigenvalue weighted by molar-refractivity contribution is 5.96. The van der Waals surface area contributed by atoms with Gasteiger partial charge in [-0.15, -0.1) is 0 Å². The van der Waals surface area contributed by atoms with Crippen molar-refractivity contribution in [2.45, 2.75) is 71.6 Å². The summed E-state index contributed by atoms with van der Waals surface area (Å²) in [6, 6.07) is 1.81. The second kappa shape index (κ2) is 8.96. The van der Waals surface area contributed by atoms with Crippen molar-refractivity contribution in [1.82, 2.24) is 0 Å². The summed E-state index contributed by atoms with van der Waals surface area (Å²) in [7, 11) is 0. The number of Topliss-reactive ketones (excluding diaryl/α,β-unsaturated/α-hetero) is 1. The zero-order chi connectivity index (χ0) is 13.2. The Kier molecular flexibility index (Phi) is 7.47. The van der Waals surface area contributed by atoms with Gasteiger partial charge in [-0.1, -0.05) is 52.4 Å². The number of aryl methyl sites for hydroxylation is 1. The minimum Gasteiger partial charge on any atom is -0.469 e. The fourth-order valence-electron chi connectivity index (χ4n) is 2.24. The fraction of sp³-hybridized carbons (Fsp3) is 0.688. The van der Waals surface area contributed by atoms with Crippen LogP contribution in [0.5, 0.6) is 0 Å². The third-order valence-electron chi connectivity index (χ3n) is 3.37. The molecule has 0 spiro atoms. The van der Waals surface area contributed by atoms with E-state index in [0.29, 0.717) is 6.42 Å².